The number of imidazole rings is 1. The Kier molecular flexibility index (Phi) is 6.63. The molecule has 7 nitrogen and oxygen atoms in total. The van der Waals surface area contributed by atoms with Gasteiger partial charge < -0.3 is 10.1 Å². The zero-order valence-corrected chi connectivity index (χ0v) is 19.8. The van der Waals surface area contributed by atoms with Crippen molar-refractivity contribution < 1.29 is 17.9 Å². The van der Waals surface area contributed by atoms with E-state index in [1.165, 1.54) is 40.6 Å². The molecule has 2 heterocycles. The van der Waals surface area contributed by atoms with Gasteiger partial charge >= 0.3 is 5.69 Å². The maximum atomic E-state index is 14.4. The van der Waals surface area contributed by atoms with Gasteiger partial charge in [0.25, 0.3) is 0 Å². The van der Waals surface area contributed by atoms with Crippen molar-refractivity contribution >= 4 is 17.1 Å². The van der Waals surface area contributed by atoms with Gasteiger partial charge in [-0.25, -0.2) is 27.5 Å². The molecule has 5 aromatic rings. The van der Waals surface area contributed by atoms with E-state index in [1.807, 2.05) is 6.07 Å². The number of benzene rings is 3. The van der Waals surface area contributed by atoms with E-state index in [4.69, 9.17) is 4.74 Å². The predicted octanol–water partition coefficient (Wildman–Crippen LogP) is 4.71. The molecule has 188 valence electrons. The molecular formula is C27H22F3N5O2. The van der Waals surface area contributed by atoms with Crippen LogP contribution in [0.2, 0.25) is 0 Å². The number of rotatable bonds is 8. The van der Waals surface area contributed by atoms with Crippen LogP contribution in [-0.2, 0) is 13.0 Å². The summed E-state index contributed by atoms with van der Waals surface area (Å²) < 4.78 is 50.2. The first-order valence-corrected chi connectivity index (χ1v) is 11.5. The summed E-state index contributed by atoms with van der Waals surface area (Å²) in [5.74, 6) is -1.07. The Morgan fingerprint density at radius 1 is 0.973 bits per heavy atom. The fourth-order valence-corrected chi connectivity index (χ4v) is 4.11. The van der Waals surface area contributed by atoms with Crippen molar-refractivity contribution in [2.75, 3.05) is 19.0 Å². The first kappa shape index (κ1) is 24.1. The van der Waals surface area contributed by atoms with Crippen LogP contribution in [0.5, 0.6) is 5.75 Å². The number of aromatic nitrogens is 4. The summed E-state index contributed by atoms with van der Waals surface area (Å²) in [7, 11) is 1.51. The van der Waals surface area contributed by atoms with Crippen LogP contribution in [0, 0.1) is 17.5 Å². The molecule has 0 aliphatic carbocycles. The highest BCUT2D eigenvalue weighted by Gasteiger charge is 2.20. The molecule has 0 spiro atoms. The van der Waals surface area contributed by atoms with Gasteiger partial charge in [-0.1, -0.05) is 24.3 Å². The number of nitrogens with zero attached hydrogens (tertiary/aromatic N) is 4. The van der Waals surface area contributed by atoms with Crippen LogP contribution in [0.4, 0.5) is 19.1 Å². The van der Waals surface area contributed by atoms with Crippen molar-refractivity contribution in [3.63, 3.8) is 0 Å². The maximum absolute atomic E-state index is 14.4. The lowest BCUT2D eigenvalue weighted by molar-refractivity contribution is 0.414. The number of ether oxygens (including phenoxy) is 1. The molecule has 5 rings (SSSR count). The molecule has 0 unspecified atom stereocenters. The predicted molar refractivity (Wildman–Crippen MR) is 134 cm³/mol. The smallest absolute Gasteiger partial charge is 0.335 e. The minimum atomic E-state index is -0.759. The minimum Gasteiger partial charge on any atom is -0.497 e. The average Bonchev–Trinajstić information content (AvgIpc) is 3.16. The van der Waals surface area contributed by atoms with E-state index in [0.717, 1.165) is 17.7 Å². The normalized spacial score (nSPS) is 11.1. The Balaban J connectivity index is 1.56. The third kappa shape index (κ3) is 4.90. The van der Waals surface area contributed by atoms with Gasteiger partial charge in [-0.3, -0.25) is 4.57 Å². The van der Waals surface area contributed by atoms with Gasteiger partial charge in [0.15, 0.2) is 5.65 Å². The molecule has 2 aromatic heterocycles. The summed E-state index contributed by atoms with van der Waals surface area (Å²) in [5.41, 5.74) is 1.03. The van der Waals surface area contributed by atoms with Gasteiger partial charge in [0.2, 0.25) is 5.95 Å². The van der Waals surface area contributed by atoms with Crippen LogP contribution in [-0.4, -0.2) is 32.8 Å². The van der Waals surface area contributed by atoms with E-state index >= 15 is 0 Å². The van der Waals surface area contributed by atoms with Gasteiger partial charge in [0, 0.05) is 18.2 Å². The second-order valence-electron chi connectivity index (χ2n) is 8.31. The van der Waals surface area contributed by atoms with Crippen LogP contribution < -0.4 is 15.7 Å². The van der Waals surface area contributed by atoms with Crippen LogP contribution in [0.15, 0.2) is 77.7 Å². The lowest BCUT2D eigenvalue weighted by Crippen LogP contribution is -2.24. The third-order valence-corrected chi connectivity index (χ3v) is 5.95. The van der Waals surface area contributed by atoms with Crippen molar-refractivity contribution in [2.45, 2.75) is 13.0 Å². The average molecular weight is 506 g/mol. The van der Waals surface area contributed by atoms with Crippen molar-refractivity contribution in [3.05, 3.63) is 112 Å². The van der Waals surface area contributed by atoms with E-state index in [9.17, 15) is 18.0 Å². The van der Waals surface area contributed by atoms with Crippen molar-refractivity contribution in [1.82, 2.24) is 19.1 Å². The summed E-state index contributed by atoms with van der Waals surface area (Å²) in [5, 5.41) is 3.09. The topological polar surface area (TPSA) is 74.0 Å². The lowest BCUT2D eigenvalue weighted by Gasteiger charge is -2.07. The van der Waals surface area contributed by atoms with Gasteiger partial charge in [-0.2, -0.15) is 4.98 Å². The van der Waals surface area contributed by atoms with E-state index in [2.05, 4.69) is 15.3 Å². The van der Waals surface area contributed by atoms with Crippen molar-refractivity contribution in [3.8, 4) is 11.4 Å². The van der Waals surface area contributed by atoms with Crippen LogP contribution in [0.3, 0.4) is 0 Å². The van der Waals surface area contributed by atoms with Gasteiger partial charge in [0.1, 0.15) is 28.7 Å². The Hall–Kier alpha value is -4.60. The standard InChI is InChI=1S/C27H22F3N5O2/c1-37-20-8-3-7-19(14-20)35-25-24(34(27(35)36)16-21-22(29)9-4-10-23(21)30)15-32-26(33-25)31-12-11-17-5-2-6-18(28)13-17/h2-10,13-15H,11-12,16H2,1H3,(H,31,32,33). The summed E-state index contributed by atoms with van der Waals surface area (Å²) in [6.07, 6.45) is 1.96. The summed E-state index contributed by atoms with van der Waals surface area (Å²) in [6.45, 7) is 0.0695. The molecule has 0 bridgehead atoms. The molecule has 0 saturated carbocycles. The number of fused-ring (bicyclic) bond motifs is 1. The maximum Gasteiger partial charge on any atom is 0.335 e. The van der Waals surface area contributed by atoms with Crippen molar-refractivity contribution in [1.29, 1.82) is 0 Å². The van der Waals surface area contributed by atoms with Gasteiger partial charge in [0.05, 0.1) is 25.5 Å². The second kappa shape index (κ2) is 10.2. The zero-order valence-electron chi connectivity index (χ0n) is 19.8. The fraction of sp³-hybridized carbons (Fsp3) is 0.148. The molecule has 0 saturated heterocycles. The molecule has 0 aliphatic rings. The van der Waals surface area contributed by atoms with Gasteiger partial charge in [-0.05, 0) is 48.4 Å². The fourth-order valence-electron chi connectivity index (χ4n) is 4.11. The Bertz CT molecular complexity index is 1630. The van der Waals surface area contributed by atoms with E-state index in [-0.39, 0.29) is 29.5 Å². The number of hydrogen-bond donors (Lipinski definition) is 1. The van der Waals surface area contributed by atoms with Crippen molar-refractivity contribution in [2.24, 2.45) is 0 Å². The highest BCUT2D eigenvalue weighted by molar-refractivity contribution is 5.74. The largest absolute Gasteiger partial charge is 0.497 e. The molecule has 3 aromatic carbocycles. The summed E-state index contributed by atoms with van der Waals surface area (Å²) in [6, 6.07) is 16.7. The Morgan fingerprint density at radius 2 is 1.73 bits per heavy atom. The quantitative estimate of drug-likeness (QED) is 0.331. The first-order chi connectivity index (χ1) is 17.9. The monoisotopic (exact) mass is 505 g/mol. The highest BCUT2D eigenvalue weighted by atomic mass is 19.1. The minimum absolute atomic E-state index is 0.244. The van der Waals surface area contributed by atoms with E-state index < -0.39 is 17.3 Å². The first-order valence-electron chi connectivity index (χ1n) is 11.5. The zero-order chi connectivity index (χ0) is 25.9. The Labute approximate surface area is 209 Å². The summed E-state index contributed by atoms with van der Waals surface area (Å²) >= 11 is 0. The Morgan fingerprint density at radius 3 is 2.49 bits per heavy atom. The molecule has 10 heteroatoms. The molecule has 0 fully saturated rings. The molecule has 0 aliphatic heterocycles. The van der Waals surface area contributed by atoms with E-state index in [0.29, 0.717) is 29.9 Å². The van der Waals surface area contributed by atoms with Crippen LogP contribution in [0.1, 0.15) is 11.1 Å². The lowest BCUT2D eigenvalue weighted by atomic mass is 10.1. The SMILES string of the molecule is COc1cccc(-n2c(=O)n(Cc3c(F)cccc3F)c3cnc(NCCc4cccc(F)c4)nc32)c1. The highest BCUT2D eigenvalue weighted by Crippen LogP contribution is 2.22. The molecule has 1 N–H and O–H groups in total. The van der Waals surface area contributed by atoms with Crippen LogP contribution >= 0.6 is 0 Å². The number of halogens is 3. The number of anilines is 1. The molecule has 0 amide bonds. The van der Waals surface area contributed by atoms with Crippen LogP contribution in [0.25, 0.3) is 16.9 Å². The van der Waals surface area contributed by atoms with E-state index in [1.54, 1.807) is 30.3 Å². The number of nitrogens with one attached hydrogen (secondary N) is 1. The molecule has 0 radical (unpaired) electrons. The molecule has 37 heavy (non-hydrogen) atoms. The molecule has 0 atom stereocenters. The second-order valence-corrected chi connectivity index (χ2v) is 8.31. The molecular weight excluding hydrogens is 483 g/mol. The third-order valence-electron chi connectivity index (χ3n) is 5.95. The number of methoxy groups -OCH3 is 1. The van der Waals surface area contributed by atoms with Gasteiger partial charge in [-0.15, -0.1) is 0 Å². The summed E-state index contributed by atoms with van der Waals surface area (Å²) in [4.78, 5) is 22.4. The number of hydrogen-bond acceptors (Lipinski definition) is 5.